The topological polar surface area (TPSA) is 60.9 Å². The third-order valence-electron chi connectivity index (χ3n) is 3.65. The van der Waals surface area contributed by atoms with E-state index < -0.39 is 11.9 Å². The number of likely N-dealkylation sites (tertiary alicyclic amines) is 1. The summed E-state index contributed by atoms with van der Waals surface area (Å²) in [5, 5.41) is 9.05. The summed E-state index contributed by atoms with van der Waals surface area (Å²) >= 11 is 1.87. The summed E-state index contributed by atoms with van der Waals surface area (Å²) in [6, 6.07) is 0.273. The Labute approximate surface area is 112 Å². The second-order valence-corrected chi connectivity index (χ2v) is 6.17. The number of amides is 2. The van der Waals surface area contributed by atoms with Gasteiger partial charge < -0.3 is 14.9 Å². The van der Waals surface area contributed by atoms with E-state index in [-0.39, 0.29) is 12.1 Å². The highest BCUT2D eigenvalue weighted by Crippen LogP contribution is 2.22. The first kappa shape index (κ1) is 13.5. The Morgan fingerprint density at radius 2 is 2.11 bits per heavy atom. The van der Waals surface area contributed by atoms with E-state index in [4.69, 9.17) is 5.11 Å². The number of aliphatic carboxylic acids is 1. The number of thioether (sulfide) groups is 1. The zero-order valence-electron chi connectivity index (χ0n) is 10.7. The molecule has 2 aliphatic rings. The summed E-state index contributed by atoms with van der Waals surface area (Å²) in [6.07, 6.45) is 1.48. The summed E-state index contributed by atoms with van der Waals surface area (Å²) in [4.78, 5) is 27.0. The quantitative estimate of drug-likeness (QED) is 0.782. The lowest BCUT2D eigenvalue weighted by molar-refractivity contribution is -0.143. The van der Waals surface area contributed by atoms with E-state index in [1.54, 1.807) is 4.90 Å². The second-order valence-electron chi connectivity index (χ2n) is 5.02. The van der Waals surface area contributed by atoms with Gasteiger partial charge in [0.15, 0.2) is 0 Å². The second kappa shape index (κ2) is 5.82. The van der Waals surface area contributed by atoms with Gasteiger partial charge in [-0.25, -0.2) is 4.79 Å². The van der Waals surface area contributed by atoms with Crippen molar-refractivity contribution in [3.8, 4) is 0 Å². The molecule has 102 valence electrons. The molecule has 5 nitrogen and oxygen atoms in total. The number of carboxylic acids is 1. The van der Waals surface area contributed by atoms with Gasteiger partial charge in [0.1, 0.15) is 0 Å². The molecule has 0 aromatic carbocycles. The average molecular weight is 272 g/mol. The van der Waals surface area contributed by atoms with Gasteiger partial charge >= 0.3 is 12.0 Å². The van der Waals surface area contributed by atoms with Gasteiger partial charge in [-0.15, -0.1) is 0 Å². The van der Waals surface area contributed by atoms with Crippen LogP contribution in [0.3, 0.4) is 0 Å². The van der Waals surface area contributed by atoms with Gasteiger partial charge in [0.25, 0.3) is 0 Å². The molecule has 2 aliphatic heterocycles. The van der Waals surface area contributed by atoms with Crippen molar-refractivity contribution in [1.82, 2.24) is 9.80 Å². The minimum Gasteiger partial charge on any atom is -0.481 e. The Morgan fingerprint density at radius 1 is 1.33 bits per heavy atom. The summed E-state index contributed by atoms with van der Waals surface area (Å²) in [5.41, 5.74) is 0. The maximum Gasteiger partial charge on any atom is 0.320 e. The Hall–Kier alpha value is -0.910. The molecule has 2 saturated heterocycles. The van der Waals surface area contributed by atoms with Crippen molar-refractivity contribution in [3.05, 3.63) is 0 Å². The molecule has 2 unspecified atom stereocenters. The molecule has 0 aromatic heterocycles. The Kier molecular flexibility index (Phi) is 4.37. The zero-order chi connectivity index (χ0) is 13.1. The van der Waals surface area contributed by atoms with Crippen LogP contribution < -0.4 is 0 Å². The van der Waals surface area contributed by atoms with E-state index in [0.717, 1.165) is 24.5 Å². The predicted molar refractivity (Wildman–Crippen MR) is 70.8 cm³/mol. The van der Waals surface area contributed by atoms with Gasteiger partial charge in [-0.1, -0.05) is 0 Å². The van der Waals surface area contributed by atoms with Gasteiger partial charge in [0.2, 0.25) is 0 Å². The highest BCUT2D eigenvalue weighted by atomic mass is 32.2. The number of hydrogen-bond acceptors (Lipinski definition) is 3. The summed E-state index contributed by atoms with van der Waals surface area (Å²) < 4.78 is 0. The number of carbonyl (C=O) groups is 2. The molecular formula is C12H20N2O3S. The summed E-state index contributed by atoms with van der Waals surface area (Å²) in [6.45, 7) is 3.89. The Bertz CT molecular complexity index is 337. The van der Waals surface area contributed by atoms with Gasteiger partial charge in [-0.2, -0.15) is 11.8 Å². The van der Waals surface area contributed by atoms with Gasteiger partial charge in [-0.05, 0) is 19.8 Å². The third-order valence-corrected chi connectivity index (χ3v) is 4.84. The smallest absolute Gasteiger partial charge is 0.320 e. The molecule has 2 rings (SSSR count). The molecule has 0 bridgehead atoms. The van der Waals surface area contributed by atoms with Crippen LogP contribution in [0.25, 0.3) is 0 Å². The molecule has 2 atom stereocenters. The lowest BCUT2D eigenvalue weighted by atomic mass is 9.98. The maximum absolute atomic E-state index is 12.4. The highest BCUT2D eigenvalue weighted by molar-refractivity contribution is 7.99. The van der Waals surface area contributed by atoms with Crippen LogP contribution in [0.15, 0.2) is 0 Å². The summed E-state index contributed by atoms with van der Waals surface area (Å²) in [7, 11) is 0. The lowest BCUT2D eigenvalue weighted by Crippen LogP contribution is -2.53. The molecule has 0 radical (unpaired) electrons. The average Bonchev–Trinajstić information content (AvgIpc) is 2.38. The SMILES string of the molecule is CC1CSCCN1C(=O)N1CCCC(C(=O)O)C1. The van der Waals surface area contributed by atoms with E-state index in [1.165, 1.54) is 0 Å². The van der Waals surface area contributed by atoms with E-state index in [9.17, 15) is 9.59 Å². The Balaban J connectivity index is 1.97. The minimum atomic E-state index is -0.783. The van der Waals surface area contributed by atoms with E-state index in [1.807, 2.05) is 16.7 Å². The van der Waals surface area contributed by atoms with Crippen molar-refractivity contribution < 1.29 is 14.7 Å². The molecule has 18 heavy (non-hydrogen) atoms. The van der Waals surface area contributed by atoms with Gasteiger partial charge in [-0.3, -0.25) is 4.79 Å². The number of hydrogen-bond donors (Lipinski definition) is 1. The fourth-order valence-corrected chi connectivity index (χ4v) is 3.56. The standard InChI is InChI=1S/C12H20N2O3S/c1-9-8-18-6-5-14(9)12(17)13-4-2-3-10(7-13)11(15)16/h9-10H,2-8H2,1H3,(H,15,16). The number of rotatable bonds is 1. The van der Waals surface area contributed by atoms with Crippen molar-refractivity contribution >= 4 is 23.8 Å². The van der Waals surface area contributed by atoms with Crippen molar-refractivity contribution in [2.45, 2.75) is 25.8 Å². The largest absolute Gasteiger partial charge is 0.481 e. The number of piperidine rings is 1. The van der Waals surface area contributed by atoms with E-state index in [0.29, 0.717) is 19.5 Å². The summed E-state index contributed by atoms with van der Waals surface area (Å²) in [5.74, 6) is 0.778. The van der Waals surface area contributed by atoms with Crippen LogP contribution in [0.1, 0.15) is 19.8 Å². The number of urea groups is 1. The van der Waals surface area contributed by atoms with Crippen molar-refractivity contribution in [2.75, 3.05) is 31.1 Å². The van der Waals surface area contributed by atoms with Crippen molar-refractivity contribution in [1.29, 1.82) is 0 Å². The fraction of sp³-hybridized carbons (Fsp3) is 0.833. The molecule has 2 fully saturated rings. The fourth-order valence-electron chi connectivity index (χ4n) is 2.55. The number of nitrogens with zero attached hydrogens (tertiary/aromatic N) is 2. The molecule has 1 N–H and O–H groups in total. The molecule has 2 heterocycles. The molecule has 0 aromatic rings. The normalized spacial score (nSPS) is 29.2. The molecular weight excluding hydrogens is 252 g/mol. The number of carboxylic acid groups (broad SMARTS) is 1. The van der Waals surface area contributed by atoms with Gasteiger partial charge in [0, 0.05) is 37.2 Å². The van der Waals surface area contributed by atoms with Crippen LogP contribution >= 0.6 is 11.8 Å². The van der Waals surface area contributed by atoms with Gasteiger partial charge in [0.05, 0.1) is 5.92 Å². The predicted octanol–water partition coefficient (Wildman–Crippen LogP) is 1.34. The van der Waals surface area contributed by atoms with Crippen LogP contribution in [-0.2, 0) is 4.79 Å². The van der Waals surface area contributed by atoms with Crippen LogP contribution in [0, 0.1) is 5.92 Å². The molecule has 6 heteroatoms. The molecule has 0 spiro atoms. The highest BCUT2D eigenvalue weighted by Gasteiger charge is 2.32. The van der Waals surface area contributed by atoms with Crippen LogP contribution in [0.2, 0.25) is 0 Å². The lowest BCUT2D eigenvalue weighted by Gasteiger charge is -2.39. The number of carbonyl (C=O) groups excluding carboxylic acids is 1. The van der Waals surface area contributed by atoms with E-state index >= 15 is 0 Å². The van der Waals surface area contributed by atoms with Crippen molar-refractivity contribution in [3.63, 3.8) is 0 Å². The molecule has 2 amide bonds. The zero-order valence-corrected chi connectivity index (χ0v) is 11.5. The Morgan fingerprint density at radius 3 is 2.78 bits per heavy atom. The first-order valence-electron chi connectivity index (χ1n) is 6.45. The molecule has 0 aliphatic carbocycles. The van der Waals surface area contributed by atoms with Crippen molar-refractivity contribution in [2.24, 2.45) is 5.92 Å². The van der Waals surface area contributed by atoms with Crippen LogP contribution in [-0.4, -0.2) is 64.1 Å². The van der Waals surface area contributed by atoms with Crippen LogP contribution in [0.4, 0.5) is 4.79 Å². The first-order valence-corrected chi connectivity index (χ1v) is 7.61. The first-order chi connectivity index (χ1) is 8.59. The minimum absolute atomic E-state index is 0.0220. The maximum atomic E-state index is 12.4. The van der Waals surface area contributed by atoms with Crippen LogP contribution in [0.5, 0.6) is 0 Å². The molecule has 0 saturated carbocycles. The van der Waals surface area contributed by atoms with E-state index in [2.05, 4.69) is 6.92 Å². The third kappa shape index (κ3) is 2.91. The monoisotopic (exact) mass is 272 g/mol.